The second kappa shape index (κ2) is 9.94. The van der Waals surface area contributed by atoms with Crippen LogP contribution in [0.1, 0.15) is 55.3 Å². The van der Waals surface area contributed by atoms with E-state index in [0.717, 1.165) is 36.9 Å². The van der Waals surface area contributed by atoms with Crippen LogP contribution in [0.15, 0.2) is 28.7 Å². The highest BCUT2D eigenvalue weighted by Crippen LogP contribution is 2.16. The fourth-order valence-corrected chi connectivity index (χ4v) is 3.13. The van der Waals surface area contributed by atoms with Gasteiger partial charge in [-0.05, 0) is 44.2 Å². The van der Waals surface area contributed by atoms with Gasteiger partial charge in [0.05, 0.1) is 6.10 Å². The van der Waals surface area contributed by atoms with Crippen molar-refractivity contribution in [1.82, 2.24) is 4.90 Å². The molecule has 0 radical (unpaired) electrons. The van der Waals surface area contributed by atoms with Gasteiger partial charge in [0.15, 0.2) is 5.78 Å². The van der Waals surface area contributed by atoms with Gasteiger partial charge >= 0.3 is 0 Å². The predicted molar refractivity (Wildman–Crippen MR) is 98.2 cm³/mol. The summed E-state index contributed by atoms with van der Waals surface area (Å²) in [4.78, 5) is 26.0. The fraction of sp³-hybridized carbons (Fsp3) is 0.579. The lowest BCUT2D eigenvalue weighted by molar-refractivity contribution is -0.130. The minimum atomic E-state index is 0.0913. The number of ether oxygens (including phenoxy) is 1. The van der Waals surface area contributed by atoms with Crippen LogP contribution in [0.25, 0.3) is 0 Å². The molecule has 1 aromatic carbocycles. The zero-order valence-electron chi connectivity index (χ0n) is 14.3. The first kappa shape index (κ1) is 19.1. The molecule has 0 spiro atoms. The molecule has 1 aliphatic rings. The third-order valence-electron chi connectivity index (χ3n) is 4.45. The van der Waals surface area contributed by atoms with E-state index in [0.29, 0.717) is 30.9 Å². The van der Waals surface area contributed by atoms with Gasteiger partial charge in [0.2, 0.25) is 5.91 Å². The van der Waals surface area contributed by atoms with Crippen molar-refractivity contribution >= 4 is 27.6 Å². The Morgan fingerprint density at radius 3 is 2.62 bits per heavy atom. The molecule has 1 heterocycles. The third kappa shape index (κ3) is 6.36. The standard InChI is InChI=1S/C19H26BrNO3/c1-21(13-12-17-5-2-3-14-24-17)19(23)7-4-6-18(22)15-8-10-16(20)11-9-15/h8-11,17H,2-7,12-14H2,1H3. The molecule has 1 unspecified atom stereocenters. The molecule has 0 saturated carbocycles. The summed E-state index contributed by atoms with van der Waals surface area (Å²) in [6.45, 7) is 1.57. The first-order valence-corrected chi connectivity index (χ1v) is 9.50. The molecular weight excluding hydrogens is 370 g/mol. The first-order chi connectivity index (χ1) is 11.6. The van der Waals surface area contributed by atoms with Crippen molar-refractivity contribution in [1.29, 1.82) is 0 Å². The number of hydrogen-bond acceptors (Lipinski definition) is 3. The number of hydrogen-bond donors (Lipinski definition) is 0. The summed E-state index contributed by atoms with van der Waals surface area (Å²) >= 11 is 3.36. The lowest BCUT2D eigenvalue weighted by Crippen LogP contribution is -2.31. The molecule has 0 N–H and O–H groups in total. The Hall–Kier alpha value is -1.20. The summed E-state index contributed by atoms with van der Waals surface area (Å²) in [5.41, 5.74) is 0.702. The lowest BCUT2D eigenvalue weighted by Gasteiger charge is -2.25. The summed E-state index contributed by atoms with van der Waals surface area (Å²) < 4.78 is 6.65. The molecule has 1 atom stereocenters. The van der Waals surface area contributed by atoms with E-state index in [4.69, 9.17) is 4.74 Å². The fourth-order valence-electron chi connectivity index (χ4n) is 2.87. The Labute approximate surface area is 152 Å². The molecular formula is C19H26BrNO3. The van der Waals surface area contributed by atoms with Crippen molar-refractivity contribution in [3.05, 3.63) is 34.3 Å². The smallest absolute Gasteiger partial charge is 0.222 e. The van der Waals surface area contributed by atoms with Gasteiger partial charge < -0.3 is 9.64 Å². The highest BCUT2D eigenvalue weighted by atomic mass is 79.9. The van der Waals surface area contributed by atoms with E-state index in [1.807, 2.05) is 31.3 Å². The van der Waals surface area contributed by atoms with E-state index in [1.165, 1.54) is 6.42 Å². The number of carbonyl (C=O) groups excluding carboxylic acids is 2. The maximum Gasteiger partial charge on any atom is 0.222 e. The minimum Gasteiger partial charge on any atom is -0.378 e. The quantitative estimate of drug-likeness (QED) is 0.619. The zero-order valence-corrected chi connectivity index (χ0v) is 15.9. The summed E-state index contributed by atoms with van der Waals surface area (Å²) in [5.74, 6) is 0.197. The van der Waals surface area contributed by atoms with Crippen LogP contribution in [-0.4, -0.2) is 42.9 Å². The highest BCUT2D eigenvalue weighted by molar-refractivity contribution is 9.10. The van der Waals surface area contributed by atoms with Crippen molar-refractivity contribution in [3.8, 4) is 0 Å². The van der Waals surface area contributed by atoms with Gasteiger partial charge in [-0.25, -0.2) is 0 Å². The largest absolute Gasteiger partial charge is 0.378 e. The van der Waals surface area contributed by atoms with Crippen molar-refractivity contribution in [2.45, 2.75) is 51.0 Å². The van der Waals surface area contributed by atoms with Gasteiger partial charge in [-0.3, -0.25) is 9.59 Å². The summed E-state index contributed by atoms with van der Waals surface area (Å²) in [6, 6.07) is 7.34. The summed E-state index contributed by atoms with van der Waals surface area (Å²) in [5, 5.41) is 0. The molecule has 1 saturated heterocycles. The Balaban J connectivity index is 1.64. The Morgan fingerprint density at radius 1 is 1.21 bits per heavy atom. The predicted octanol–water partition coefficient (Wildman–Crippen LogP) is 4.22. The number of Topliss-reactive ketones (excluding diaryl/α,β-unsaturated/α-hetero) is 1. The highest BCUT2D eigenvalue weighted by Gasteiger charge is 2.16. The number of rotatable bonds is 8. The zero-order chi connectivity index (χ0) is 17.4. The number of nitrogens with zero attached hydrogens (tertiary/aromatic N) is 1. The molecule has 2 rings (SSSR count). The molecule has 1 aliphatic heterocycles. The van der Waals surface area contributed by atoms with Gasteiger partial charge in [-0.2, -0.15) is 0 Å². The number of carbonyl (C=O) groups is 2. The van der Waals surface area contributed by atoms with Crippen molar-refractivity contribution in [2.24, 2.45) is 0 Å². The molecule has 132 valence electrons. The molecule has 5 heteroatoms. The minimum absolute atomic E-state index is 0.0913. The third-order valence-corrected chi connectivity index (χ3v) is 4.98. The monoisotopic (exact) mass is 395 g/mol. The Kier molecular flexibility index (Phi) is 7.92. The van der Waals surface area contributed by atoms with Crippen molar-refractivity contribution in [3.63, 3.8) is 0 Å². The van der Waals surface area contributed by atoms with E-state index < -0.39 is 0 Å². The Morgan fingerprint density at radius 2 is 1.96 bits per heavy atom. The lowest BCUT2D eigenvalue weighted by atomic mass is 10.0. The summed E-state index contributed by atoms with van der Waals surface area (Å²) in [6.07, 6.45) is 6.10. The van der Waals surface area contributed by atoms with Gasteiger partial charge in [0.25, 0.3) is 0 Å². The normalized spacial score (nSPS) is 17.5. The molecule has 0 bridgehead atoms. The van der Waals surface area contributed by atoms with Gasteiger partial charge in [-0.15, -0.1) is 0 Å². The van der Waals surface area contributed by atoms with Crippen LogP contribution < -0.4 is 0 Å². The number of ketones is 1. The van der Waals surface area contributed by atoms with E-state index in [2.05, 4.69) is 15.9 Å². The second-order valence-electron chi connectivity index (χ2n) is 6.38. The molecule has 0 aromatic heterocycles. The van der Waals surface area contributed by atoms with Crippen LogP contribution in [-0.2, 0) is 9.53 Å². The van der Waals surface area contributed by atoms with Crippen LogP contribution >= 0.6 is 15.9 Å². The van der Waals surface area contributed by atoms with Crippen molar-refractivity contribution in [2.75, 3.05) is 20.2 Å². The molecule has 0 aliphatic carbocycles. The van der Waals surface area contributed by atoms with E-state index in [1.54, 1.807) is 4.90 Å². The Bertz CT molecular complexity index is 538. The van der Waals surface area contributed by atoms with Crippen molar-refractivity contribution < 1.29 is 14.3 Å². The van der Waals surface area contributed by atoms with Gasteiger partial charge in [-0.1, -0.05) is 28.1 Å². The maximum atomic E-state index is 12.1. The molecule has 1 amide bonds. The van der Waals surface area contributed by atoms with Crippen LogP contribution in [0, 0.1) is 0 Å². The van der Waals surface area contributed by atoms with E-state index in [-0.39, 0.29) is 11.7 Å². The van der Waals surface area contributed by atoms with Crippen LogP contribution in [0.2, 0.25) is 0 Å². The molecule has 1 fully saturated rings. The first-order valence-electron chi connectivity index (χ1n) is 8.70. The average Bonchev–Trinajstić information content (AvgIpc) is 2.61. The number of benzene rings is 1. The van der Waals surface area contributed by atoms with Crippen LogP contribution in [0.3, 0.4) is 0 Å². The summed E-state index contributed by atoms with van der Waals surface area (Å²) in [7, 11) is 1.84. The van der Waals surface area contributed by atoms with Gasteiger partial charge in [0, 0.05) is 43.1 Å². The van der Waals surface area contributed by atoms with Crippen LogP contribution in [0.5, 0.6) is 0 Å². The molecule has 4 nitrogen and oxygen atoms in total. The number of halogens is 1. The number of amides is 1. The maximum absolute atomic E-state index is 12.1. The second-order valence-corrected chi connectivity index (χ2v) is 7.29. The van der Waals surface area contributed by atoms with E-state index in [9.17, 15) is 9.59 Å². The van der Waals surface area contributed by atoms with Crippen LogP contribution in [0.4, 0.5) is 0 Å². The van der Waals surface area contributed by atoms with E-state index >= 15 is 0 Å². The average molecular weight is 396 g/mol. The molecule has 24 heavy (non-hydrogen) atoms. The van der Waals surface area contributed by atoms with Gasteiger partial charge in [0.1, 0.15) is 0 Å². The topological polar surface area (TPSA) is 46.6 Å². The molecule has 1 aromatic rings. The SMILES string of the molecule is CN(CCC1CCCCO1)C(=O)CCCC(=O)c1ccc(Br)cc1.